The number of carboxylic acid groups (broad SMARTS) is 1. The summed E-state index contributed by atoms with van der Waals surface area (Å²) in [4.78, 5) is 25.0. The molecule has 24 heavy (non-hydrogen) atoms. The van der Waals surface area contributed by atoms with Crippen molar-refractivity contribution in [3.8, 4) is 0 Å². The zero-order chi connectivity index (χ0) is 19.0. The van der Waals surface area contributed by atoms with Crippen LogP contribution >= 0.6 is 0 Å². The van der Waals surface area contributed by atoms with E-state index in [1.165, 1.54) is 4.90 Å². The minimum atomic E-state index is -2.06. The van der Waals surface area contributed by atoms with E-state index in [-0.39, 0.29) is 17.7 Å². The molecule has 0 radical (unpaired) electrons. The second-order valence-electron chi connectivity index (χ2n) is 7.62. The average Bonchev–Trinajstić information content (AvgIpc) is 2.45. The van der Waals surface area contributed by atoms with Crippen LogP contribution in [-0.2, 0) is 9.22 Å². The fourth-order valence-corrected chi connectivity index (χ4v) is 2.70. The van der Waals surface area contributed by atoms with Crippen molar-refractivity contribution in [3.05, 3.63) is 12.7 Å². The molecule has 0 aromatic heterocycles. The standard InChI is InChI=1S/C17H34N2O4Si/c1-8-9-10-11-12-19(5)16(22)18-14(15(20)21)13-23-24(6,7)17(2,3)4/h8,14H,1,9-13H2,2-7H3,(H,18,22)(H,20,21)/t14-/m0/s1. The Hall–Kier alpha value is -1.34. The maximum absolute atomic E-state index is 12.1. The van der Waals surface area contributed by atoms with Gasteiger partial charge in [0.1, 0.15) is 0 Å². The number of unbranched alkanes of at least 4 members (excludes halogenated alkanes) is 2. The Labute approximate surface area is 147 Å². The molecule has 0 rings (SSSR count). The SMILES string of the molecule is C=CCCCCN(C)C(=O)N[C@@H](CO[Si](C)(C)C(C)(C)C)C(=O)O. The third-order valence-corrected chi connectivity index (χ3v) is 9.01. The molecule has 6 nitrogen and oxygen atoms in total. The highest BCUT2D eigenvalue weighted by molar-refractivity contribution is 6.74. The van der Waals surface area contributed by atoms with Crippen LogP contribution in [0, 0.1) is 0 Å². The molecular weight excluding hydrogens is 324 g/mol. The molecule has 2 amide bonds. The van der Waals surface area contributed by atoms with Crippen LogP contribution in [0.5, 0.6) is 0 Å². The van der Waals surface area contributed by atoms with Crippen LogP contribution in [0.1, 0.15) is 40.0 Å². The number of carbonyl (C=O) groups is 2. The second-order valence-corrected chi connectivity index (χ2v) is 12.4. The van der Waals surface area contributed by atoms with E-state index in [2.05, 4.69) is 45.8 Å². The zero-order valence-corrected chi connectivity index (χ0v) is 17.0. The molecule has 0 unspecified atom stereocenters. The first-order chi connectivity index (χ1) is 10.9. The van der Waals surface area contributed by atoms with Gasteiger partial charge in [-0.3, -0.25) is 0 Å². The summed E-state index contributed by atoms with van der Waals surface area (Å²) in [5.41, 5.74) is 0. The number of carboxylic acids is 1. The van der Waals surface area contributed by atoms with Gasteiger partial charge in [-0.05, 0) is 37.4 Å². The van der Waals surface area contributed by atoms with Crippen LogP contribution in [0.4, 0.5) is 4.79 Å². The van der Waals surface area contributed by atoms with E-state index >= 15 is 0 Å². The van der Waals surface area contributed by atoms with E-state index in [9.17, 15) is 14.7 Å². The molecule has 7 heteroatoms. The molecule has 0 aliphatic rings. The first-order valence-electron chi connectivity index (χ1n) is 8.41. The first kappa shape index (κ1) is 22.7. The highest BCUT2D eigenvalue weighted by Gasteiger charge is 2.38. The smallest absolute Gasteiger partial charge is 0.328 e. The molecule has 0 aliphatic heterocycles. The van der Waals surface area contributed by atoms with Crippen molar-refractivity contribution >= 4 is 20.3 Å². The summed E-state index contributed by atoms with van der Waals surface area (Å²) >= 11 is 0. The van der Waals surface area contributed by atoms with Crippen LogP contribution in [-0.4, -0.2) is 56.6 Å². The molecule has 0 heterocycles. The minimum absolute atomic E-state index is 0.0119. The van der Waals surface area contributed by atoms with Gasteiger partial charge >= 0.3 is 12.0 Å². The first-order valence-corrected chi connectivity index (χ1v) is 11.3. The van der Waals surface area contributed by atoms with Gasteiger partial charge in [0.05, 0.1) is 6.61 Å². The zero-order valence-electron chi connectivity index (χ0n) is 16.0. The van der Waals surface area contributed by atoms with Gasteiger partial charge in [-0.25, -0.2) is 9.59 Å². The molecule has 2 N–H and O–H groups in total. The molecular formula is C17H34N2O4Si. The number of amides is 2. The lowest BCUT2D eigenvalue weighted by Gasteiger charge is -2.37. The lowest BCUT2D eigenvalue weighted by molar-refractivity contribution is -0.140. The van der Waals surface area contributed by atoms with Gasteiger partial charge in [0, 0.05) is 13.6 Å². The topological polar surface area (TPSA) is 78.9 Å². The summed E-state index contributed by atoms with van der Waals surface area (Å²) < 4.78 is 5.92. The Morgan fingerprint density at radius 1 is 1.33 bits per heavy atom. The maximum Gasteiger partial charge on any atom is 0.328 e. The summed E-state index contributed by atoms with van der Waals surface area (Å²) in [6.45, 7) is 14.6. The van der Waals surface area contributed by atoms with Gasteiger partial charge in [0.2, 0.25) is 0 Å². The molecule has 140 valence electrons. The Bertz CT molecular complexity index is 433. The fraction of sp³-hybridized carbons (Fsp3) is 0.765. The third-order valence-electron chi connectivity index (χ3n) is 4.51. The Kier molecular flexibility index (Phi) is 9.28. The number of hydrogen-bond acceptors (Lipinski definition) is 3. The van der Waals surface area contributed by atoms with Crippen molar-refractivity contribution in [2.24, 2.45) is 0 Å². The molecule has 0 aromatic carbocycles. The molecule has 0 aliphatic carbocycles. The number of hydrogen-bond donors (Lipinski definition) is 2. The Balaban J connectivity index is 4.55. The number of carbonyl (C=O) groups excluding carboxylic acids is 1. The van der Waals surface area contributed by atoms with E-state index in [4.69, 9.17) is 4.43 Å². The number of allylic oxidation sites excluding steroid dienone is 1. The summed E-state index contributed by atoms with van der Waals surface area (Å²) in [6.07, 6.45) is 4.57. The summed E-state index contributed by atoms with van der Waals surface area (Å²) in [7, 11) is -0.396. The van der Waals surface area contributed by atoms with Crippen molar-refractivity contribution in [1.82, 2.24) is 10.2 Å². The molecule has 0 saturated carbocycles. The Morgan fingerprint density at radius 3 is 2.38 bits per heavy atom. The third kappa shape index (κ3) is 7.96. The van der Waals surface area contributed by atoms with Crippen LogP contribution in [0.25, 0.3) is 0 Å². The molecule has 0 fully saturated rings. The monoisotopic (exact) mass is 358 g/mol. The lowest BCUT2D eigenvalue weighted by atomic mass is 10.2. The second kappa shape index (κ2) is 9.83. The Morgan fingerprint density at radius 2 is 1.92 bits per heavy atom. The number of rotatable bonds is 10. The molecule has 1 atom stereocenters. The van der Waals surface area contributed by atoms with Gasteiger partial charge in [-0.2, -0.15) is 0 Å². The van der Waals surface area contributed by atoms with Crippen LogP contribution in [0.3, 0.4) is 0 Å². The van der Waals surface area contributed by atoms with E-state index in [1.54, 1.807) is 7.05 Å². The van der Waals surface area contributed by atoms with E-state index in [1.807, 2.05) is 6.08 Å². The quantitative estimate of drug-likeness (QED) is 0.356. The minimum Gasteiger partial charge on any atom is -0.480 e. The summed E-state index contributed by atoms with van der Waals surface area (Å²) in [5, 5.41) is 11.9. The number of aliphatic carboxylic acids is 1. The van der Waals surface area contributed by atoms with E-state index in [0.717, 1.165) is 19.3 Å². The summed E-state index contributed by atoms with van der Waals surface area (Å²) in [6, 6.07) is -1.43. The predicted octanol–water partition coefficient (Wildman–Crippen LogP) is 3.46. The van der Waals surface area contributed by atoms with Gasteiger partial charge in [-0.15, -0.1) is 6.58 Å². The van der Waals surface area contributed by atoms with Crippen molar-refractivity contribution in [2.45, 2.75) is 64.2 Å². The molecule has 0 aromatic rings. The van der Waals surface area contributed by atoms with Crippen LogP contribution < -0.4 is 5.32 Å². The van der Waals surface area contributed by atoms with Crippen molar-refractivity contribution in [3.63, 3.8) is 0 Å². The van der Waals surface area contributed by atoms with Gasteiger partial charge < -0.3 is 19.7 Å². The van der Waals surface area contributed by atoms with Gasteiger partial charge in [-0.1, -0.05) is 26.8 Å². The van der Waals surface area contributed by atoms with E-state index < -0.39 is 20.3 Å². The molecule has 0 saturated heterocycles. The lowest BCUT2D eigenvalue weighted by Crippen LogP contribution is -2.51. The van der Waals surface area contributed by atoms with Crippen molar-refractivity contribution in [2.75, 3.05) is 20.2 Å². The predicted molar refractivity (Wildman–Crippen MR) is 99.8 cm³/mol. The van der Waals surface area contributed by atoms with Gasteiger partial charge in [0.25, 0.3) is 0 Å². The van der Waals surface area contributed by atoms with Crippen LogP contribution in [0.2, 0.25) is 18.1 Å². The highest BCUT2D eigenvalue weighted by Crippen LogP contribution is 2.36. The molecule has 0 spiro atoms. The van der Waals surface area contributed by atoms with Crippen molar-refractivity contribution < 1.29 is 19.1 Å². The number of nitrogens with zero attached hydrogens (tertiary/aromatic N) is 1. The van der Waals surface area contributed by atoms with E-state index in [0.29, 0.717) is 6.54 Å². The van der Waals surface area contributed by atoms with Crippen molar-refractivity contribution in [1.29, 1.82) is 0 Å². The number of urea groups is 1. The molecule has 0 bridgehead atoms. The summed E-state index contributed by atoms with van der Waals surface area (Å²) in [5.74, 6) is -1.08. The average molecular weight is 359 g/mol. The normalized spacial score (nSPS) is 13.2. The van der Waals surface area contributed by atoms with Crippen LogP contribution in [0.15, 0.2) is 12.7 Å². The maximum atomic E-state index is 12.1. The largest absolute Gasteiger partial charge is 0.480 e. The fourth-order valence-electron chi connectivity index (χ4n) is 1.68. The number of nitrogens with one attached hydrogen (secondary N) is 1. The highest BCUT2D eigenvalue weighted by atomic mass is 28.4. The van der Waals surface area contributed by atoms with Gasteiger partial charge in [0.15, 0.2) is 14.4 Å².